The van der Waals surface area contributed by atoms with Crippen LogP contribution in [0.1, 0.15) is 5.56 Å². The Morgan fingerprint density at radius 1 is 0.889 bits per heavy atom. The van der Waals surface area contributed by atoms with Gasteiger partial charge in [0.25, 0.3) is 0 Å². The molecule has 18 heavy (non-hydrogen) atoms. The van der Waals surface area contributed by atoms with Crippen LogP contribution in [0.25, 0.3) is 0 Å². The highest BCUT2D eigenvalue weighted by atomic mass is 16.5. The molecule has 94 valence electrons. The van der Waals surface area contributed by atoms with Crippen molar-refractivity contribution in [3.05, 3.63) is 54.1 Å². The quantitative estimate of drug-likeness (QED) is 0.873. The minimum Gasteiger partial charge on any atom is -0.493 e. The minimum atomic E-state index is 0.732. The summed E-state index contributed by atoms with van der Waals surface area (Å²) in [5, 5.41) is 3.35. The fraction of sp³-hybridized carbons (Fsp3) is 0.200. The van der Waals surface area contributed by atoms with Crippen LogP contribution in [-0.2, 0) is 6.54 Å². The van der Waals surface area contributed by atoms with Gasteiger partial charge in [0.2, 0.25) is 0 Å². The van der Waals surface area contributed by atoms with Crippen LogP contribution in [0.4, 0.5) is 5.69 Å². The van der Waals surface area contributed by atoms with Gasteiger partial charge in [0.05, 0.1) is 14.2 Å². The van der Waals surface area contributed by atoms with Crippen LogP contribution in [0.3, 0.4) is 0 Å². The molecule has 2 aromatic rings. The zero-order chi connectivity index (χ0) is 12.8. The first-order valence-corrected chi connectivity index (χ1v) is 5.83. The standard InChI is InChI=1S/C15H17NO2/c1-17-14-9-8-13(10-15(14)18-2)16-11-12-6-4-3-5-7-12/h3-10,16H,11H2,1-2H3. The summed E-state index contributed by atoms with van der Waals surface area (Å²) in [5.41, 5.74) is 2.25. The third kappa shape index (κ3) is 2.94. The Balaban J connectivity index is 2.06. The Morgan fingerprint density at radius 3 is 2.28 bits per heavy atom. The lowest BCUT2D eigenvalue weighted by Gasteiger charge is -2.11. The second-order valence-corrected chi connectivity index (χ2v) is 3.91. The molecule has 0 atom stereocenters. The minimum absolute atomic E-state index is 0.732. The van der Waals surface area contributed by atoms with Gasteiger partial charge in [0.1, 0.15) is 0 Å². The van der Waals surface area contributed by atoms with E-state index in [0.29, 0.717) is 0 Å². The van der Waals surface area contributed by atoms with E-state index in [1.54, 1.807) is 14.2 Å². The topological polar surface area (TPSA) is 30.5 Å². The van der Waals surface area contributed by atoms with E-state index in [1.165, 1.54) is 5.56 Å². The number of ether oxygens (including phenoxy) is 2. The molecule has 0 aliphatic heterocycles. The molecule has 0 amide bonds. The van der Waals surface area contributed by atoms with Crippen molar-refractivity contribution in [2.75, 3.05) is 19.5 Å². The van der Waals surface area contributed by atoms with Crippen LogP contribution in [0, 0.1) is 0 Å². The van der Waals surface area contributed by atoms with Crippen molar-refractivity contribution >= 4 is 5.69 Å². The van der Waals surface area contributed by atoms with Crippen molar-refractivity contribution in [3.8, 4) is 11.5 Å². The van der Waals surface area contributed by atoms with Gasteiger partial charge < -0.3 is 14.8 Å². The molecule has 0 saturated carbocycles. The van der Waals surface area contributed by atoms with Gasteiger partial charge in [-0.15, -0.1) is 0 Å². The van der Waals surface area contributed by atoms with Gasteiger partial charge in [-0.1, -0.05) is 30.3 Å². The maximum atomic E-state index is 5.26. The molecule has 0 bridgehead atoms. The molecule has 0 heterocycles. The second kappa shape index (κ2) is 5.96. The lowest BCUT2D eigenvalue weighted by molar-refractivity contribution is 0.355. The SMILES string of the molecule is COc1ccc(NCc2ccccc2)cc1OC. The van der Waals surface area contributed by atoms with Crippen molar-refractivity contribution in [1.29, 1.82) is 0 Å². The molecule has 0 unspecified atom stereocenters. The van der Waals surface area contributed by atoms with Gasteiger partial charge in [-0.25, -0.2) is 0 Å². The normalized spacial score (nSPS) is 9.89. The molecule has 0 saturated heterocycles. The average Bonchev–Trinajstić information content (AvgIpc) is 2.45. The summed E-state index contributed by atoms with van der Waals surface area (Å²) >= 11 is 0. The molecule has 1 N–H and O–H groups in total. The van der Waals surface area contributed by atoms with Gasteiger partial charge >= 0.3 is 0 Å². The summed E-state index contributed by atoms with van der Waals surface area (Å²) in [7, 11) is 3.27. The number of hydrogen-bond acceptors (Lipinski definition) is 3. The van der Waals surface area contributed by atoms with Crippen molar-refractivity contribution < 1.29 is 9.47 Å². The summed E-state index contributed by atoms with van der Waals surface area (Å²) < 4.78 is 10.5. The largest absolute Gasteiger partial charge is 0.493 e. The lowest BCUT2D eigenvalue weighted by atomic mass is 10.2. The number of methoxy groups -OCH3 is 2. The number of hydrogen-bond donors (Lipinski definition) is 1. The second-order valence-electron chi connectivity index (χ2n) is 3.91. The number of rotatable bonds is 5. The van der Waals surface area contributed by atoms with Crippen molar-refractivity contribution in [2.45, 2.75) is 6.54 Å². The van der Waals surface area contributed by atoms with E-state index in [1.807, 2.05) is 36.4 Å². The summed E-state index contributed by atoms with van der Waals surface area (Å²) in [4.78, 5) is 0. The smallest absolute Gasteiger partial charge is 0.162 e. The molecule has 2 rings (SSSR count). The van der Waals surface area contributed by atoms with Gasteiger partial charge in [-0.05, 0) is 17.7 Å². The predicted molar refractivity (Wildman–Crippen MR) is 73.3 cm³/mol. The van der Waals surface area contributed by atoms with Gasteiger partial charge in [0, 0.05) is 18.3 Å². The van der Waals surface area contributed by atoms with E-state index in [2.05, 4.69) is 17.4 Å². The molecular formula is C15H17NO2. The highest BCUT2D eigenvalue weighted by Crippen LogP contribution is 2.29. The molecule has 0 aliphatic rings. The predicted octanol–water partition coefficient (Wildman–Crippen LogP) is 3.32. The molecule has 3 heteroatoms. The fourth-order valence-corrected chi connectivity index (χ4v) is 1.75. The van der Waals surface area contributed by atoms with Crippen LogP contribution in [0.5, 0.6) is 11.5 Å². The first-order chi connectivity index (χ1) is 8.83. The maximum Gasteiger partial charge on any atom is 0.162 e. The Hall–Kier alpha value is -2.16. The van der Waals surface area contributed by atoms with Crippen LogP contribution >= 0.6 is 0 Å². The monoisotopic (exact) mass is 243 g/mol. The van der Waals surface area contributed by atoms with Crippen LogP contribution in [0.15, 0.2) is 48.5 Å². The number of nitrogens with one attached hydrogen (secondary N) is 1. The average molecular weight is 243 g/mol. The van der Waals surface area contributed by atoms with Gasteiger partial charge in [-0.3, -0.25) is 0 Å². The maximum absolute atomic E-state index is 5.26. The molecule has 0 spiro atoms. The Kier molecular flexibility index (Phi) is 4.07. The first kappa shape index (κ1) is 12.3. The number of benzene rings is 2. The van der Waals surface area contributed by atoms with Gasteiger partial charge in [0.15, 0.2) is 11.5 Å². The van der Waals surface area contributed by atoms with E-state index in [-0.39, 0.29) is 0 Å². The molecule has 3 nitrogen and oxygen atoms in total. The summed E-state index contributed by atoms with van der Waals surface area (Å²) in [5.74, 6) is 1.47. The summed E-state index contributed by atoms with van der Waals surface area (Å²) in [6.45, 7) is 0.788. The van der Waals surface area contributed by atoms with E-state index < -0.39 is 0 Å². The van der Waals surface area contributed by atoms with Gasteiger partial charge in [-0.2, -0.15) is 0 Å². The molecular weight excluding hydrogens is 226 g/mol. The Morgan fingerprint density at radius 2 is 1.61 bits per heavy atom. The third-order valence-corrected chi connectivity index (χ3v) is 2.72. The zero-order valence-electron chi connectivity index (χ0n) is 10.6. The van der Waals surface area contributed by atoms with E-state index in [4.69, 9.17) is 9.47 Å². The van der Waals surface area contributed by atoms with Crippen LogP contribution < -0.4 is 14.8 Å². The van der Waals surface area contributed by atoms with Crippen molar-refractivity contribution in [1.82, 2.24) is 0 Å². The fourth-order valence-electron chi connectivity index (χ4n) is 1.75. The van der Waals surface area contributed by atoms with E-state index in [9.17, 15) is 0 Å². The Bertz CT molecular complexity index is 497. The summed E-state index contributed by atoms with van der Waals surface area (Å²) in [6, 6.07) is 16.1. The van der Waals surface area contributed by atoms with Crippen molar-refractivity contribution in [3.63, 3.8) is 0 Å². The van der Waals surface area contributed by atoms with Crippen LogP contribution in [-0.4, -0.2) is 14.2 Å². The van der Waals surface area contributed by atoms with Crippen LogP contribution in [0.2, 0.25) is 0 Å². The first-order valence-electron chi connectivity index (χ1n) is 5.83. The highest BCUT2D eigenvalue weighted by Gasteiger charge is 2.03. The molecule has 0 aromatic heterocycles. The molecule has 0 fully saturated rings. The highest BCUT2D eigenvalue weighted by molar-refractivity contribution is 5.54. The molecule has 0 aliphatic carbocycles. The summed E-state index contributed by atoms with van der Waals surface area (Å²) in [6.07, 6.45) is 0. The van der Waals surface area contributed by atoms with E-state index >= 15 is 0 Å². The molecule has 2 aromatic carbocycles. The lowest BCUT2D eigenvalue weighted by Crippen LogP contribution is -2.00. The molecule has 0 radical (unpaired) electrons. The number of anilines is 1. The van der Waals surface area contributed by atoms with E-state index in [0.717, 1.165) is 23.7 Å². The Labute approximate surface area is 107 Å². The third-order valence-electron chi connectivity index (χ3n) is 2.72. The zero-order valence-corrected chi connectivity index (χ0v) is 10.6. The van der Waals surface area contributed by atoms with Crippen molar-refractivity contribution in [2.24, 2.45) is 0 Å².